The van der Waals surface area contributed by atoms with E-state index in [0.717, 1.165) is 25.8 Å². The number of thioether (sulfide) groups is 1. The summed E-state index contributed by atoms with van der Waals surface area (Å²) in [7, 11) is 0. The van der Waals surface area contributed by atoms with E-state index in [0.29, 0.717) is 18.2 Å². The minimum Gasteiger partial charge on any atom is -0.480 e. The van der Waals surface area contributed by atoms with Crippen molar-refractivity contribution in [3.63, 3.8) is 0 Å². The first-order chi connectivity index (χ1) is 9.47. The molecule has 1 aliphatic heterocycles. The number of rotatable bonds is 8. The number of nitrogens with zero attached hydrogens (tertiary/aromatic N) is 1. The summed E-state index contributed by atoms with van der Waals surface area (Å²) in [4.78, 5) is 25.2. The fourth-order valence-electron chi connectivity index (χ4n) is 2.32. The molecule has 0 radical (unpaired) electrons. The molecule has 20 heavy (non-hydrogen) atoms. The maximum atomic E-state index is 12.3. The van der Waals surface area contributed by atoms with Gasteiger partial charge in [0.1, 0.15) is 6.04 Å². The Balaban J connectivity index is 2.53. The highest BCUT2D eigenvalue weighted by atomic mass is 32.2. The zero-order valence-electron chi connectivity index (χ0n) is 12.6. The summed E-state index contributed by atoms with van der Waals surface area (Å²) < 4.78 is 0. The number of carbonyl (C=O) groups is 2. The zero-order chi connectivity index (χ0) is 15.1. The largest absolute Gasteiger partial charge is 0.480 e. The van der Waals surface area contributed by atoms with Crippen LogP contribution in [0.5, 0.6) is 0 Å². The van der Waals surface area contributed by atoms with Crippen molar-refractivity contribution in [2.75, 3.05) is 12.3 Å². The monoisotopic (exact) mass is 302 g/mol. The number of nitrogens with one attached hydrogen (secondary N) is 1. The Bertz CT molecular complexity index is 336. The number of aliphatic carboxylic acids is 1. The van der Waals surface area contributed by atoms with Gasteiger partial charge in [0.25, 0.3) is 0 Å². The molecule has 0 saturated carbocycles. The van der Waals surface area contributed by atoms with E-state index in [1.54, 1.807) is 16.7 Å². The van der Waals surface area contributed by atoms with Gasteiger partial charge in [-0.15, -0.1) is 11.8 Å². The van der Waals surface area contributed by atoms with Gasteiger partial charge < -0.3 is 15.3 Å². The molecule has 2 atom stereocenters. The van der Waals surface area contributed by atoms with Gasteiger partial charge >= 0.3 is 5.97 Å². The van der Waals surface area contributed by atoms with Crippen LogP contribution in [0.25, 0.3) is 0 Å². The van der Waals surface area contributed by atoms with Crippen LogP contribution < -0.4 is 5.32 Å². The van der Waals surface area contributed by atoms with Gasteiger partial charge in [-0.3, -0.25) is 4.79 Å². The van der Waals surface area contributed by atoms with Gasteiger partial charge in [0, 0.05) is 18.2 Å². The summed E-state index contributed by atoms with van der Waals surface area (Å²) in [6.07, 6.45) is 3.00. The number of carboxylic acids is 1. The van der Waals surface area contributed by atoms with E-state index in [1.165, 1.54) is 0 Å². The van der Waals surface area contributed by atoms with Crippen molar-refractivity contribution < 1.29 is 14.7 Å². The predicted molar refractivity (Wildman–Crippen MR) is 81.8 cm³/mol. The van der Waals surface area contributed by atoms with Crippen LogP contribution in [0.15, 0.2) is 0 Å². The highest BCUT2D eigenvalue weighted by Gasteiger charge is 2.40. The van der Waals surface area contributed by atoms with Crippen LogP contribution in [-0.4, -0.2) is 51.6 Å². The van der Waals surface area contributed by atoms with Crippen LogP contribution in [0.1, 0.15) is 46.5 Å². The molecule has 0 bridgehead atoms. The summed E-state index contributed by atoms with van der Waals surface area (Å²) in [6, 6.07) is -0.242. The Kier molecular flexibility index (Phi) is 7.37. The summed E-state index contributed by atoms with van der Waals surface area (Å²) >= 11 is 1.59. The lowest BCUT2D eigenvalue weighted by atomic mass is 10.2. The first-order valence-corrected chi connectivity index (χ1v) is 8.41. The average molecular weight is 302 g/mol. The van der Waals surface area contributed by atoms with E-state index >= 15 is 0 Å². The lowest BCUT2D eigenvalue weighted by Crippen LogP contribution is -2.45. The lowest BCUT2D eigenvalue weighted by Gasteiger charge is -2.27. The molecule has 0 aromatic carbocycles. The molecule has 1 amide bonds. The average Bonchev–Trinajstić information content (AvgIpc) is 2.78. The van der Waals surface area contributed by atoms with Crippen molar-refractivity contribution in [1.29, 1.82) is 0 Å². The molecule has 0 spiro atoms. The predicted octanol–water partition coefficient (Wildman–Crippen LogP) is 1.92. The maximum absolute atomic E-state index is 12.3. The van der Waals surface area contributed by atoms with Gasteiger partial charge in [-0.1, -0.05) is 27.2 Å². The normalized spacial score (nSPS) is 22.5. The van der Waals surface area contributed by atoms with Crippen molar-refractivity contribution >= 4 is 23.6 Å². The van der Waals surface area contributed by atoms with Crippen molar-refractivity contribution in [3.8, 4) is 0 Å². The number of hydrogen-bond acceptors (Lipinski definition) is 4. The first-order valence-electron chi connectivity index (χ1n) is 7.36. The SMILES string of the molecule is CCCC1SCC(C(=O)O)N1C(=O)CCCNC(C)C. The van der Waals surface area contributed by atoms with Crippen molar-refractivity contribution in [1.82, 2.24) is 10.2 Å². The lowest BCUT2D eigenvalue weighted by molar-refractivity contribution is -0.149. The van der Waals surface area contributed by atoms with Crippen LogP contribution in [-0.2, 0) is 9.59 Å². The third-order valence-corrected chi connectivity index (χ3v) is 4.68. The minimum absolute atomic E-state index is 0.0218. The highest BCUT2D eigenvalue weighted by molar-refractivity contribution is 8.00. The molecule has 116 valence electrons. The maximum Gasteiger partial charge on any atom is 0.327 e. The van der Waals surface area contributed by atoms with Crippen molar-refractivity contribution in [3.05, 3.63) is 0 Å². The van der Waals surface area contributed by atoms with Gasteiger partial charge in [0.15, 0.2) is 0 Å². The molecule has 2 unspecified atom stereocenters. The summed E-state index contributed by atoms with van der Waals surface area (Å²) in [6.45, 7) is 6.98. The molecule has 5 nitrogen and oxygen atoms in total. The number of amides is 1. The molecule has 1 saturated heterocycles. The molecule has 1 rings (SSSR count). The standard InChI is InChI=1S/C14H26N2O3S/c1-4-6-13-16(11(9-20-13)14(18)19)12(17)7-5-8-15-10(2)3/h10-11,13,15H,4-9H2,1-3H3,(H,18,19). The van der Waals surface area contributed by atoms with Gasteiger partial charge in [0.05, 0.1) is 5.37 Å². The highest BCUT2D eigenvalue weighted by Crippen LogP contribution is 2.32. The quantitative estimate of drug-likeness (QED) is 0.670. The Hall–Kier alpha value is -0.750. The van der Waals surface area contributed by atoms with E-state index in [2.05, 4.69) is 26.1 Å². The molecule has 1 heterocycles. The Morgan fingerprint density at radius 3 is 2.70 bits per heavy atom. The van der Waals surface area contributed by atoms with Gasteiger partial charge in [0.2, 0.25) is 5.91 Å². The van der Waals surface area contributed by atoms with Crippen molar-refractivity contribution in [2.24, 2.45) is 0 Å². The summed E-state index contributed by atoms with van der Waals surface area (Å²) in [5.41, 5.74) is 0. The fraction of sp³-hybridized carbons (Fsp3) is 0.857. The molecular formula is C14H26N2O3S. The second-order valence-electron chi connectivity index (χ2n) is 5.44. The van der Waals surface area contributed by atoms with E-state index in [1.807, 2.05) is 0 Å². The third kappa shape index (κ3) is 4.98. The Labute approximate surface area is 125 Å². The minimum atomic E-state index is -0.884. The van der Waals surface area contributed by atoms with E-state index in [-0.39, 0.29) is 11.3 Å². The van der Waals surface area contributed by atoms with Gasteiger partial charge in [-0.2, -0.15) is 0 Å². The summed E-state index contributed by atoms with van der Waals surface area (Å²) in [5, 5.41) is 12.5. The van der Waals surface area contributed by atoms with Crippen LogP contribution in [0.4, 0.5) is 0 Å². The topological polar surface area (TPSA) is 69.6 Å². The third-order valence-electron chi connectivity index (χ3n) is 3.32. The van der Waals surface area contributed by atoms with Crippen LogP contribution >= 0.6 is 11.8 Å². The smallest absolute Gasteiger partial charge is 0.327 e. The Morgan fingerprint density at radius 2 is 2.15 bits per heavy atom. The molecule has 0 aromatic heterocycles. The molecule has 0 aliphatic carbocycles. The number of carboxylic acid groups (broad SMARTS) is 1. The summed E-state index contributed by atoms with van der Waals surface area (Å²) in [5.74, 6) is -0.396. The second-order valence-corrected chi connectivity index (χ2v) is 6.65. The fourth-order valence-corrected chi connectivity index (χ4v) is 3.85. The van der Waals surface area contributed by atoms with Gasteiger partial charge in [-0.25, -0.2) is 4.79 Å². The molecule has 1 fully saturated rings. The van der Waals surface area contributed by atoms with Crippen molar-refractivity contribution in [2.45, 2.75) is 63.9 Å². The second kappa shape index (κ2) is 8.52. The van der Waals surface area contributed by atoms with Crippen LogP contribution in [0, 0.1) is 0 Å². The molecule has 1 aliphatic rings. The van der Waals surface area contributed by atoms with E-state index < -0.39 is 12.0 Å². The molecular weight excluding hydrogens is 276 g/mol. The van der Waals surface area contributed by atoms with Crippen LogP contribution in [0.2, 0.25) is 0 Å². The zero-order valence-corrected chi connectivity index (χ0v) is 13.4. The van der Waals surface area contributed by atoms with Gasteiger partial charge in [-0.05, 0) is 19.4 Å². The molecule has 6 heteroatoms. The van der Waals surface area contributed by atoms with Crippen LogP contribution in [0.3, 0.4) is 0 Å². The van der Waals surface area contributed by atoms with E-state index in [9.17, 15) is 14.7 Å². The number of carbonyl (C=O) groups excluding carboxylic acids is 1. The van der Waals surface area contributed by atoms with E-state index in [4.69, 9.17) is 0 Å². The first kappa shape index (κ1) is 17.3. The Morgan fingerprint density at radius 1 is 1.45 bits per heavy atom. The molecule has 0 aromatic rings. The number of hydrogen-bond donors (Lipinski definition) is 2. The molecule has 2 N–H and O–H groups in total.